The van der Waals surface area contributed by atoms with Crippen LogP contribution in [0.3, 0.4) is 0 Å². The van der Waals surface area contributed by atoms with Gasteiger partial charge in [-0.25, -0.2) is 14.8 Å². The fourth-order valence-electron chi connectivity index (χ4n) is 5.32. The van der Waals surface area contributed by atoms with Gasteiger partial charge in [0.25, 0.3) is 0 Å². The Balaban J connectivity index is 1.37. The molecule has 2 aromatic heterocycles. The summed E-state index contributed by atoms with van der Waals surface area (Å²) in [5.74, 6) is 1.10. The molecule has 39 heavy (non-hydrogen) atoms. The summed E-state index contributed by atoms with van der Waals surface area (Å²) in [6, 6.07) is 16.5. The van der Waals surface area contributed by atoms with Crippen molar-refractivity contribution in [3.8, 4) is 29.1 Å². The second-order valence-electron chi connectivity index (χ2n) is 10.7. The van der Waals surface area contributed by atoms with Crippen molar-refractivity contribution in [2.75, 3.05) is 5.32 Å². The number of nitrogens with one attached hydrogen (secondary N) is 1. The quantitative estimate of drug-likeness (QED) is 0.271. The van der Waals surface area contributed by atoms with Crippen molar-refractivity contribution in [3.05, 3.63) is 65.5 Å². The molecule has 0 unspecified atom stereocenters. The van der Waals surface area contributed by atoms with E-state index in [4.69, 9.17) is 9.47 Å². The number of amides is 1. The summed E-state index contributed by atoms with van der Waals surface area (Å²) >= 11 is 0. The summed E-state index contributed by atoms with van der Waals surface area (Å²) in [4.78, 5) is 21.0. The maximum absolute atomic E-state index is 12.4. The first-order chi connectivity index (χ1) is 18.9. The lowest BCUT2D eigenvalue weighted by Gasteiger charge is -2.30. The Bertz CT molecular complexity index is 1610. The summed E-state index contributed by atoms with van der Waals surface area (Å²) in [6.45, 7) is 5.84. The number of benzene rings is 2. The second-order valence-corrected chi connectivity index (χ2v) is 10.7. The van der Waals surface area contributed by atoms with Crippen molar-refractivity contribution in [3.63, 3.8) is 0 Å². The van der Waals surface area contributed by atoms with Crippen LogP contribution in [0.25, 0.3) is 22.2 Å². The normalized spacial score (nSPS) is 15.8. The molecule has 0 aliphatic heterocycles. The minimum atomic E-state index is -0.437. The van der Waals surface area contributed by atoms with Gasteiger partial charge in [-0.2, -0.15) is 5.26 Å². The molecule has 6 rings (SSSR count). The molecular weight excluding hydrogens is 490 g/mol. The number of nitriles is 1. The van der Waals surface area contributed by atoms with Gasteiger partial charge in [-0.05, 0) is 94.7 Å². The van der Waals surface area contributed by atoms with E-state index in [1.54, 1.807) is 6.20 Å². The first-order valence-electron chi connectivity index (χ1n) is 13.6. The van der Waals surface area contributed by atoms with E-state index in [1.165, 1.54) is 0 Å². The monoisotopic (exact) mass is 521 g/mol. The molecule has 4 aromatic rings. The standard InChI is InChI=1S/C31H31N5O3/c1-18-15-22(35-31(37)38-20(3)21-7-8-21)9-11-25(18)29-27(17-32)26-12-10-24(39-30-33-14-13-19(2)34-30)16-28(26)36(29)23-5-4-6-23/h9-16,20-21,23H,4-8H2,1-3H3,(H,35,37)/t20-/m1/s1. The van der Waals surface area contributed by atoms with Crippen molar-refractivity contribution in [1.29, 1.82) is 5.26 Å². The van der Waals surface area contributed by atoms with Crippen molar-refractivity contribution >= 4 is 22.7 Å². The Morgan fingerprint density at radius 1 is 1.13 bits per heavy atom. The van der Waals surface area contributed by atoms with Crippen LogP contribution in [0.2, 0.25) is 0 Å². The van der Waals surface area contributed by atoms with Crippen LogP contribution in [-0.2, 0) is 4.74 Å². The molecule has 0 spiro atoms. The summed E-state index contributed by atoms with van der Waals surface area (Å²) in [6.07, 6.45) is 6.66. The molecule has 1 N–H and O–H groups in total. The van der Waals surface area contributed by atoms with Gasteiger partial charge in [0, 0.05) is 40.6 Å². The number of hydrogen-bond acceptors (Lipinski definition) is 6. The van der Waals surface area contributed by atoms with Crippen LogP contribution in [0.1, 0.15) is 61.9 Å². The number of fused-ring (bicyclic) bond motifs is 1. The fourth-order valence-corrected chi connectivity index (χ4v) is 5.32. The van der Waals surface area contributed by atoms with E-state index in [-0.39, 0.29) is 6.10 Å². The van der Waals surface area contributed by atoms with E-state index < -0.39 is 6.09 Å². The first kappa shape index (κ1) is 24.9. The van der Waals surface area contributed by atoms with Gasteiger partial charge in [-0.3, -0.25) is 5.32 Å². The topological polar surface area (TPSA) is 102 Å². The van der Waals surface area contributed by atoms with E-state index in [9.17, 15) is 10.1 Å². The van der Waals surface area contributed by atoms with Gasteiger partial charge in [0.1, 0.15) is 17.9 Å². The Labute approximate surface area is 227 Å². The number of ether oxygens (including phenoxy) is 2. The molecular formula is C31H31N5O3. The predicted octanol–water partition coefficient (Wildman–Crippen LogP) is 7.45. The molecule has 2 aliphatic carbocycles. The van der Waals surface area contributed by atoms with Crippen LogP contribution in [0.15, 0.2) is 48.7 Å². The van der Waals surface area contributed by atoms with Gasteiger partial charge in [-0.1, -0.05) is 6.07 Å². The van der Waals surface area contributed by atoms with Crippen LogP contribution >= 0.6 is 0 Å². The zero-order chi connectivity index (χ0) is 27.1. The number of anilines is 1. The first-order valence-corrected chi connectivity index (χ1v) is 13.6. The average Bonchev–Trinajstić information content (AvgIpc) is 3.67. The number of carbonyl (C=O) groups is 1. The number of hydrogen-bond donors (Lipinski definition) is 1. The molecule has 1 amide bonds. The van der Waals surface area contributed by atoms with E-state index in [0.717, 1.165) is 65.5 Å². The molecule has 198 valence electrons. The van der Waals surface area contributed by atoms with E-state index in [1.807, 2.05) is 63.2 Å². The lowest BCUT2D eigenvalue weighted by atomic mass is 9.91. The SMILES string of the molecule is Cc1ccnc(Oc2ccc3c(C#N)c(-c4ccc(NC(=O)O[C@H](C)C5CC5)cc4C)n(C4CCC4)c3c2)n1. The minimum absolute atomic E-state index is 0.0758. The number of nitrogens with zero attached hydrogens (tertiary/aromatic N) is 4. The smallest absolute Gasteiger partial charge is 0.411 e. The highest BCUT2D eigenvalue weighted by Gasteiger charge is 2.31. The van der Waals surface area contributed by atoms with E-state index >= 15 is 0 Å². The number of aryl methyl sites for hydroxylation is 2. The third-order valence-electron chi connectivity index (χ3n) is 7.82. The van der Waals surface area contributed by atoms with Gasteiger partial charge in [0.15, 0.2) is 0 Å². The van der Waals surface area contributed by atoms with Crippen LogP contribution in [-0.4, -0.2) is 26.7 Å². The molecule has 2 aromatic carbocycles. The van der Waals surface area contributed by atoms with E-state index in [2.05, 4.69) is 25.9 Å². The average molecular weight is 522 g/mol. The highest BCUT2D eigenvalue weighted by atomic mass is 16.6. The largest absolute Gasteiger partial charge is 0.446 e. The molecule has 8 nitrogen and oxygen atoms in total. The Kier molecular flexibility index (Phi) is 6.43. The molecule has 2 aliphatic rings. The summed E-state index contributed by atoms with van der Waals surface area (Å²) in [5.41, 5.74) is 5.91. The Hall–Kier alpha value is -4.38. The summed E-state index contributed by atoms with van der Waals surface area (Å²) in [7, 11) is 0. The maximum atomic E-state index is 12.4. The van der Waals surface area contributed by atoms with E-state index in [0.29, 0.717) is 35.0 Å². The zero-order valence-electron chi connectivity index (χ0n) is 22.4. The van der Waals surface area contributed by atoms with Crippen LogP contribution in [0.4, 0.5) is 10.5 Å². The highest BCUT2D eigenvalue weighted by molar-refractivity contribution is 5.96. The van der Waals surface area contributed by atoms with Crippen molar-refractivity contribution in [2.24, 2.45) is 5.92 Å². The highest BCUT2D eigenvalue weighted by Crippen LogP contribution is 2.44. The summed E-state index contributed by atoms with van der Waals surface area (Å²) < 4.78 is 13.8. The maximum Gasteiger partial charge on any atom is 0.411 e. The van der Waals surface area contributed by atoms with Crippen LogP contribution < -0.4 is 10.1 Å². The number of aromatic nitrogens is 3. The van der Waals surface area contributed by atoms with Gasteiger partial charge >= 0.3 is 12.1 Å². The summed E-state index contributed by atoms with van der Waals surface area (Å²) in [5, 5.41) is 14.1. The lowest BCUT2D eigenvalue weighted by Crippen LogP contribution is -2.21. The number of carbonyl (C=O) groups excluding carboxylic acids is 1. The molecule has 2 saturated carbocycles. The van der Waals surface area contributed by atoms with Crippen LogP contribution in [0.5, 0.6) is 11.8 Å². The molecule has 0 saturated heterocycles. The Morgan fingerprint density at radius 3 is 2.62 bits per heavy atom. The third-order valence-corrected chi connectivity index (χ3v) is 7.82. The third kappa shape index (κ3) is 4.92. The zero-order valence-corrected chi connectivity index (χ0v) is 22.4. The second kappa shape index (κ2) is 10.1. The molecule has 8 heteroatoms. The van der Waals surface area contributed by atoms with Gasteiger partial charge in [0.05, 0.1) is 16.8 Å². The number of rotatable bonds is 7. The molecule has 2 heterocycles. The lowest BCUT2D eigenvalue weighted by molar-refractivity contribution is 0.108. The van der Waals surface area contributed by atoms with Crippen molar-refractivity contribution < 1.29 is 14.3 Å². The van der Waals surface area contributed by atoms with Gasteiger partial charge in [0.2, 0.25) is 0 Å². The van der Waals surface area contributed by atoms with Crippen molar-refractivity contribution in [1.82, 2.24) is 14.5 Å². The fraction of sp³-hybridized carbons (Fsp3) is 0.355. The Morgan fingerprint density at radius 2 is 1.95 bits per heavy atom. The van der Waals surface area contributed by atoms with Crippen LogP contribution in [0, 0.1) is 31.1 Å². The predicted molar refractivity (Wildman–Crippen MR) is 149 cm³/mol. The molecule has 1 atom stereocenters. The molecule has 0 bridgehead atoms. The van der Waals surface area contributed by atoms with Gasteiger partial charge in [-0.15, -0.1) is 0 Å². The minimum Gasteiger partial charge on any atom is -0.446 e. The van der Waals surface area contributed by atoms with Crippen molar-refractivity contribution in [2.45, 2.75) is 65.0 Å². The molecule has 2 fully saturated rings. The molecule has 0 radical (unpaired) electrons. The van der Waals surface area contributed by atoms with Gasteiger partial charge < -0.3 is 14.0 Å².